The fraction of sp³-hybridized carbons (Fsp3) is 0.0909. The van der Waals surface area contributed by atoms with E-state index >= 15 is 0 Å². The lowest BCUT2D eigenvalue weighted by Gasteiger charge is -2.09. The van der Waals surface area contributed by atoms with Crippen LogP contribution in [0.3, 0.4) is 0 Å². The summed E-state index contributed by atoms with van der Waals surface area (Å²) in [5, 5.41) is 6.06. The smallest absolute Gasteiger partial charge is 0.234 e. The molecule has 0 aromatic heterocycles. The molecule has 4 nitrogen and oxygen atoms in total. The molecule has 3 rings (SSSR count). The molecule has 28 heavy (non-hydrogen) atoms. The highest BCUT2D eigenvalue weighted by molar-refractivity contribution is 8.00. The van der Waals surface area contributed by atoms with E-state index in [1.54, 1.807) is 18.2 Å². The van der Waals surface area contributed by atoms with E-state index in [1.807, 2.05) is 42.5 Å². The van der Waals surface area contributed by atoms with Gasteiger partial charge in [0.15, 0.2) is 5.78 Å². The number of nitrogens with one attached hydrogen (secondary N) is 2. The minimum absolute atomic E-state index is 0.0698. The zero-order chi connectivity index (χ0) is 19.9. The summed E-state index contributed by atoms with van der Waals surface area (Å²) in [6.45, 7) is 1.38. The third kappa shape index (κ3) is 5.44. The molecule has 0 aliphatic heterocycles. The molecule has 3 aromatic carbocycles. The van der Waals surface area contributed by atoms with Crippen molar-refractivity contribution >= 4 is 40.5 Å². The van der Waals surface area contributed by atoms with Crippen LogP contribution in [-0.4, -0.2) is 17.4 Å². The highest BCUT2D eigenvalue weighted by Gasteiger charge is 2.10. The summed E-state index contributed by atoms with van der Waals surface area (Å²) in [4.78, 5) is 23.7. The van der Waals surface area contributed by atoms with E-state index in [2.05, 4.69) is 10.6 Å². The van der Waals surface area contributed by atoms with Gasteiger partial charge in [-0.15, -0.1) is 11.8 Å². The number of ketones is 1. The van der Waals surface area contributed by atoms with Gasteiger partial charge in [0, 0.05) is 27.5 Å². The Morgan fingerprint density at radius 2 is 1.54 bits per heavy atom. The second kappa shape index (κ2) is 9.19. The molecule has 0 heterocycles. The van der Waals surface area contributed by atoms with Crippen LogP contribution in [0.1, 0.15) is 17.3 Å². The molecule has 0 bridgehead atoms. The Labute approximate surface area is 167 Å². The van der Waals surface area contributed by atoms with Gasteiger partial charge >= 0.3 is 0 Å². The van der Waals surface area contributed by atoms with Crippen LogP contribution in [0, 0.1) is 5.82 Å². The maximum Gasteiger partial charge on any atom is 0.234 e. The maximum atomic E-state index is 14.0. The Balaban J connectivity index is 1.53. The van der Waals surface area contributed by atoms with E-state index in [4.69, 9.17) is 0 Å². The number of benzene rings is 3. The Morgan fingerprint density at radius 3 is 2.18 bits per heavy atom. The number of carbonyl (C=O) groups is 2. The highest BCUT2D eigenvalue weighted by atomic mass is 32.2. The number of amides is 1. The van der Waals surface area contributed by atoms with Gasteiger partial charge in [0.05, 0.1) is 5.75 Å². The molecule has 0 saturated carbocycles. The molecule has 0 unspecified atom stereocenters. The first-order valence-electron chi connectivity index (χ1n) is 8.66. The lowest BCUT2D eigenvalue weighted by molar-refractivity contribution is -0.113. The molecule has 0 spiro atoms. The third-order valence-corrected chi connectivity index (χ3v) is 4.98. The maximum absolute atomic E-state index is 14.0. The first kappa shape index (κ1) is 19.6. The molecule has 0 atom stereocenters. The molecule has 0 radical (unpaired) electrons. The van der Waals surface area contributed by atoms with Crippen LogP contribution in [0.2, 0.25) is 0 Å². The molecule has 0 fully saturated rings. The van der Waals surface area contributed by atoms with Crippen LogP contribution >= 0.6 is 11.8 Å². The third-order valence-electron chi connectivity index (χ3n) is 3.93. The number of para-hydroxylation sites is 1. The summed E-state index contributed by atoms with van der Waals surface area (Å²) < 4.78 is 14.0. The van der Waals surface area contributed by atoms with E-state index in [1.165, 1.54) is 19.1 Å². The SMILES string of the molecule is CC(=O)c1ccc(SCC(=O)Nc2ccc(Nc3ccccc3)cc2)c(F)c1. The van der Waals surface area contributed by atoms with Crippen molar-refractivity contribution in [3.05, 3.63) is 84.2 Å². The van der Waals surface area contributed by atoms with Crippen molar-refractivity contribution in [3.63, 3.8) is 0 Å². The molecule has 3 aromatic rings. The number of carbonyl (C=O) groups excluding carboxylic acids is 2. The van der Waals surface area contributed by atoms with Crippen LogP contribution in [-0.2, 0) is 4.79 Å². The van der Waals surface area contributed by atoms with Crippen LogP contribution in [0.25, 0.3) is 0 Å². The van der Waals surface area contributed by atoms with Gasteiger partial charge in [-0.25, -0.2) is 4.39 Å². The van der Waals surface area contributed by atoms with Crippen LogP contribution < -0.4 is 10.6 Å². The van der Waals surface area contributed by atoms with Gasteiger partial charge in [0.1, 0.15) is 5.82 Å². The molecule has 0 aliphatic rings. The second-order valence-corrected chi connectivity index (χ2v) is 7.12. The van der Waals surface area contributed by atoms with Crippen molar-refractivity contribution in [2.24, 2.45) is 0 Å². The minimum atomic E-state index is -0.498. The molecule has 142 valence electrons. The van der Waals surface area contributed by atoms with E-state index in [-0.39, 0.29) is 17.4 Å². The first-order chi connectivity index (χ1) is 13.5. The zero-order valence-corrected chi connectivity index (χ0v) is 16.1. The molecular weight excluding hydrogens is 375 g/mol. The Hall–Kier alpha value is -3.12. The Morgan fingerprint density at radius 1 is 0.893 bits per heavy atom. The molecule has 0 saturated heterocycles. The monoisotopic (exact) mass is 394 g/mol. The lowest BCUT2D eigenvalue weighted by atomic mass is 10.1. The van der Waals surface area contributed by atoms with Crippen molar-refractivity contribution < 1.29 is 14.0 Å². The first-order valence-corrected chi connectivity index (χ1v) is 9.65. The van der Waals surface area contributed by atoms with Gasteiger partial charge in [-0.2, -0.15) is 0 Å². The molecule has 2 N–H and O–H groups in total. The number of hydrogen-bond donors (Lipinski definition) is 2. The quantitative estimate of drug-likeness (QED) is 0.410. The molecule has 0 aliphatic carbocycles. The van der Waals surface area contributed by atoms with Crippen molar-refractivity contribution in [2.45, 2.75) is 11.8 Å². The fourth-order valence-corrected chi connectivity index (χ4v) is 3.22. The number of Topliss-reactive ketones (excluding diaryl/α,β-unsaturated/α-hetero) is 1. The second-order valence-electron chi connectivity index (χ2n) is 6.11. The van der Waals surface area contributed by atoms with Gasteiger partial charge in [-0.05, 0) is 55.5 Å². The molecular formula is C22H19FN2O2S. The summed E-state index contributed by atoms with van der Waals surface area (Å²) >= 11 is 1.09. The largest absolute Gasteiger partial charge is 0.356 e. The number of anilines is 3. The van der Waals surface area contributed by atoms with Crippen LogP contribution in [0.4, 0.5) is 21.5 Å². The van der Waals surface area contributed by atoms with Gasteiger partial charge in [-0.1, -0.05) is 24.3 Å². The van der Waals surface area contributed by atoms with Gasteiger partial charge in [-0.3, -0.25) is 9.59 Å². The summed E-state index contributed by atoms with van der Waals surface area (Å²) in [5.41, 5.74) is 2.87. The average Bonchev–Trinajstić information content (AvgIpc) is 2.69. The average molecular weight is 394 g/mol. The van der Waals surface area contributed by atoms with E-state index in [9.17, 15) is 14.0 Å². The van der Waals surface area contributed by atoms with Crippen molar-refractivity contribution in [2.75, 3.05) is 16.4 Å². The standard InChI is InChI=1S/C22H19FN2O2S/c1-15(26)16-7-12-21(20(23)13-16)28-14-22(27)25-19-10-8-18(9-11-19)24-17-5-3-2-4-6-17/h2-13,24H,14H2,1H3,(H,25,27). The number of hydrogen-bond acceptors (Lipinski definition) is 4. The van der Waals surface area contributed by atoms with E-state index in [0.29, 0.717) is 16.1 Å². The normalized spacial score (nSPS) is 10.4. The molecule has 6 heteroatoms. The summed E-state index contributed by atoms with van der Waals surface area (Å²) in [7, 11) is 0. The van der Waals surface area contributed by atoms with Crippen molar-refractivity contribution in [3.8, 4) is 0 Å². The Bertz CT molecular complexity index is 976. The van der Waals surface area contributed by atoms with Crippen molar-refractivity contribution in [1.82, 2.24) is 0 Å². The zero-order valence-electron chi connectivity index (χ0n) is 15.2. The van der Waals surface area contributed by atoms with Crippen LogP contribution in [0.5, 0.6) is 0 Å². The van der Waals surface area contributed by atoms with Crippen molar-refractivity contribution in [1.29, 1.82) is 0 Å². The highest BCUT2D eigenvalue weighted by Crippen LogP contribution is 2.24. The summed E-state index contributed by atoms with van der Waals surface area (Å²) in [5.74, 6) is -0.857. The predicted molar refractivity (Wildman–Crippen MR) is 112 cm³/mol. The van der Waals surface area contributed by atoms with Gasteiger partial charge in [0.2, 0.25) is 5.91 Å². The summed E-state index contributed by atoms with van der Waals surface area (Å²) in [6.07, 6.45) is 0. The van der Waals surface area contributed by atoms with Crippen LogP contribution in [0.15, 0.2) is 77.7 Å². The minimum Gasteiger partial charge on any atom is -0.356 e. The summed E-state index contributed by atoms with van der Waals surface area (Å²) in [6, 6.07) is 21.4. The fourth-order valence-electron chi connectivity index (χ4n) is 2.50. The Kier molecular flexibility index (Phi) is 6.45. The predicted octanol–water partition coefficient (Wildman–Crippen LogP) is 5.50. The number of thioether (sulfide) groups is 1. The lowest BCUT2D eigenvalue weighted by Crippen LogP contribution is -2.14. The number of rotatable bonds is 7. The molecule has 1 amide bonds. The van der Waals surface area contributed by atoms with Gasteiger partial charge in [0.25, 0.3) is 0 Å². The van der Waals surface area contributed by atoms with Gasteiger partial charge < -0.3 is 10.6 Å². The van der Waals surface area contributed by atoms with E-state index in [0.717, 1.165) is 23.1 Å². The number of halogens is 1. The topological polar surface area (TPSA) is 58.2 Å². The van der Waals surface area contributed by atoms with E-state index < -0.39 is 5.82 Å².